The Balaban J connectivity index is 1.86. The molecule has 4 nitrogen and oxygen atoms in total. The van der Waals surface area contributed by atoms with Gasteiger partial charge in [-0.25, -0.2) is 0 Å². The lowest BCUT2D eigenvalue weighted by atomic mass is 10.2. The summed E-state index contributed by atoms with van der Waals surface area (Å²) in [5.74, 6) is -0.301. The minimum absolute atomic E-state index is 0.142. The van der Waals surface area contributed by atoms with Gasteiger partial charge in [0, 0.05) is 0 Å². The molecular formula is C20H18N2O2. The van der Waals surface area contributed by atoms with Crippen LogP contribution in [0.5, 0.6) is 11.5 Å². The van der Waals surface area contributed by atoms with Crippen molar-refractivity contribution >= 4 is 11.9 Å². The number of rotatable bonds is 5. The fourth-order valence-electron chi connectivity index (χ4n) is 2.31. The Morgan fingerprint density at radius 1 is 0.792 bits per heavy atom. The molecule has 3 aromatic rings. The van der Waals surface area contributed by atoms with Crippen LogP contribution in [0, 0.1) is 0 Å². The van der Waals surface area contributed by atoms with Crippen LogP contribution in [-0.4, -0.2) is 16.4 Å². The van der Waals surface area contributed by atoms with Gasteiger partial charge in [-0.15, -0.1) is 0 Å². The molecule has 0 saturated heterocycles. The van der Waals surface area contributed by atoms with Crippen LogP contribution in [-0.2, 0) is 6.54 Å². The first-order valence-corrected chi connectivity index (χ1v) is 7.65. The van der Waals surface area contributed by atoms with Crippen molar-refractivity contribution in [3.8, 4) is 11.5 Å². The predicted molar refractivity (Wildman–Crippen MR) is 96.4 cm³/mol. The van der Waals surface area contributed by atoms with Crippen LogP contribution in [0.4, 0.5) is 5.69 Å². The summed E-state index contributed by atoms with van der Waals surface area (Å²) >= 11 is 0. The lowest BCUT2D eigenvalue weighted by molar-refractivity contribution is 0.403. The molecule has 0 atom stereocenters. The van der Waals surface area contributed by atoms with Crippen molar-refractivity contribution in [2.75, 3.05) is 5.01 Å². The number of para-hydroxylation sites is 1. The Bertz CT molecular complexity index is 818. The first kappa shape index (κ1) is 15.6. The van der Waals surface area contributed by atoms with Gasteiger partial charge in [0.2, 0.25) is 0 Å². The summed E-state index contributed by atoms with van der Waals surface area (Å²) < 4.78 is 0. The molecule has 3 aromatic carbocycles. The maximum absolute atomic E-state index is 9.59. The molecule has 0 heterocycles. The molecule has 120 valence electrons. The summed E-state index contributed by atoms with van der Waals surface area (Å²) in [6.07, 6.45) is 1.66. The number of hydrogen-bond acceptors (Lipinski definition) is 4. The number of phenolic OH excluding ortho intramolecular Hbond substituents is 2. The standard InChI is InChI=1S/C20H18N2O2/c23-19-12-11-17(13-20(19)24)14-21-22(18-9-5-2-6-10-18)15-16-7-3-1-4-8-16/h1-14,23-24H,15H2/b21-14+. The Labute approximate surface area is 140 Å². The zero-order chi connectivity index (χ0) is 16.8. The zero-order valence-corrected chi connectivity index (χ0v) is 13.1. The van der Waals surface area contributed by atoms with Gasteiger partial charge in [-0.2, -0.15) is 5.10 Å². The molecule has 0 radical (unpaired) electrons. The molecular weight excluding hydrogens is 300 g/mol. The molecule has 0 fully saturated rings. The molecule has 0 aliphatic carbocycles. The summed E-state index contributed by atoms with van der Waals surface area (Å²) in [6.45, 7) is 0.630. The maximum atomic E-state index is 9.59. The van der Waals surface area contributed by atoms with Crippen LogP contribution in [0.15, 0.2) is 84.0 Å². The van der Waals surface area contributed by atoms with Gasteiger partial charge in [-0.1, -0.05) is 48.5 Å². The van der Waals surface area contributed by atoms with Crippen molar-refractivity contribution in [1.29, 1.82) is 0 Å². The molecule has 0 spiro atoms. The largest absolute Gasteiger partial charge is 0.504 e. The fraction of sp³-hybridized carbons (Fsp3) is 0.0500. The highest BCUT2D eigenvalue weighted by Crippen LogP contribution is 2.24. The molecule has 0 saturated carbocycles. The van der Waals surface area contributed by atoms with Crippen molar-refractivity contribution in [2.45, 2.75) is 6.54 Å². The molecule has 2 N–H and O–H groups in total. The number of hydrazone groups is 1. The summed E-state index contributed by atoms with van der Waals surface area (Å²) in [5, 5.41) is 25.4. The molecule has 0 amide bonds. The zero-order valence-electron chi connectivity index (χ0n) is 13.1. The van der Waals surface area contributed by atoms with E-state index < -0.39 is 0 Å². The SMILES string of the molecule is Oc1ccc(/C=N/N(Cc2ccccc2)c2ccccc2)cc1O. The lowest BCUT2D eigenvalue weighted by Gasteiger charge is -2.19. The molecule has 0 aliphatic rings. The molecule has 3 rings (SSSR count). The van der Waals surface area contributed by atoms with Gasteiger partial charge in [0.15, 0.2) is 11.5 Å². The third-order valence-corrected chi connectivity index (χ3v) is 3.58. The Kier molecular flexibility index (Phi) is 4.77. The normalized spacial score (nSPS) is 10.8. The van der Waals surface area contributed by atoms with Crippen LogP contribution < -0.4 is 5.01 Å². The molecule has 0 aromatic heterocycles. The first-order valence-electron chi connectivity index (χ1n) is 7.65. The second-order valence-electron chi connectivity index (χ2n) is 5.37. The fourth-order valence-corrected chi connectivity index (χ4v) is 2.31. The topological polar surface area (TPSA) is 56.1 Å². The van der Waals surface area contributed by atoms with Crippen molar-refractivity contribution in [3.05, 3.63) is 90.0 Å². The lowest BCUT2D eigenvalue weighted by Crippen LogP contribution is -2.15. The van der Waals surface area contributed by atoms with Gasteiger partial charge < -0.3 is 10.2 Å². The Morgan fingerprint density at radius 2 is 1.46 bits per heavy atom. The van der Waals surface area contributed by atoms with Gasteiger partial charge in [-0.05, 0) is 41.5 Å². The van der Waals surface area contributed by atoms with Crippen LogP contribution in [0.25, 0.3) is 0 Å². The number of hydrogen-bond donors (Lipinski definition) is 2. The van der Waals surface area contributed by atoms with E-state index in [-0.39, 0.29) is 11.5 Å². The minimum atomic E-state index is -0.159. The average molecular weight is 318 g/mol. The van der Waals surface area contributed by atoms with Crippen molar-refractivity contribution in [2.24, 2.45) is 5.10 Å². The molecule has 24 heavy (non-hydrogen) atoms. The molecule has 4 heteroatoms. The smallest absolute Gasteiger partial charge is 0.158 e. The molecule has 0 bridgehead atoms. The van der Waals surface area contributed by atoms with E-state index in [1.807, 2.05) is 53.5 Å². The number of anilines is 1. The van der Waals surface area contributed by atoms with E-state index in [1.165, 1.54) is 12.1 Å². The highest BCUT2D eigenvalue weighted by Gasteiger charge is 2.05. The monoisotopic (exact) mass is 318 g/mol. The van der Waals surface area contributed by atoms with Gasteiger partial charge in [0.1, 0.15) is 0 Å². The number of aromatic hydroxyl groups is 2. The third kappa shape index (κ3) is 3.93. The van der Waals surface area contributed by atoms with E-state index in [4.69, 9.17) is 0 Å². The molecule has 0 aliphatic heterocycles. The number of phenols is 2. The summed E-state index contributed by atoms with van der Waals surface area (Å²) in [7, 11) is 0. The third-order valence-electron chi connectivity index (χ3n) is 3.58. The quantitative estimate of drug-likeness (QED) is 0.422. The second kappa shape index (κ2) is 7.33. The Hall–Kier alpha value is -3.27. The van der Waals surface area contributed by atoms with Crippen LogP contribution in [0.2, 0.25) is 0 Å². The summed E-state index contributed by atoms with van der Waals surface area (Å²) in [4.78, 5) is 0. The number of benzene rings is 3. The first-order chi connectivity index (χ1) is 11.7. The van der Waals surface area contributed by atoms with Crippen LogP contribution >= 0.6 is 0 Å². The van der Waals surface area contributed by atoms with Crippen LogP contribution in [0.3, 0.4) is 0 Å². The van der Waals surface area contributed by atoms with Gasteiger partial charge in [0.25, 0.3) is 0 Å². The van der Waals surface area contributed by atoms with Crippen molar-refractivity contribution < 1.29 is 10.2 Å². The van der Waals surface area contributed by atoms with E-state index in [9.17, 15) is 10.2 Å². The Morgan fingerprint density at radius 3 is 2.12 bits per heavy atom. The highest BCUT2D eigenvalue weighted by molar-refractivity contribution is 5.81. The van der Waals surface area contributed by atoms with E-state index in [2.05, 4.69) is 17.2 Å². The van der Waals surface area contributed by atoms with Crippen molar-refractivity contribution in [3.63, 3.8) is 0 Å². The summed E-state index contributed by atoms with van der Waals surface area (Å²) in [5.41, 5.74) is 2.83. The van der Waals surface area contributed by atoms with E-state index >= 15 is 0 Å². The second-order valence-corrected chi connectivity index (χ2v) is 5.37. The predicted octanol–water partition coefficient (Wildman–Crippen LogP) is 4.14. The maximum Gasteiger partial charge on any atom is 0.158 e. The average Bonchev–Trinajstić information content (AvgIpc) is 2.63. The van der Waals surface area contributed by atoms with E-state index in [0.717, 1.165) is 11.3 Å². The summed E-state index contributed by atoms with van der Waals surface area (Å²) in [6, 6.07) is 24.6. The van der Waals surface area contributed by atoms with Crippen molar-refractivity contribution in [1.82, 2.24) is 0 Å². The number of nitrogens with zero attached hydrogens (tertiary/aromatic N) is 2. The van der Waals surface area contributed by atoms with Crippen LogP contribution in [0.1, 0.15) is 11.1 Å². The minimum Gasteiger partial charge on any atom is -0.504 e. The van der Waals surface area contributed by atoms with E-state index in [1.54, 1.807) is 12.3 Å². The van der Waals surface area contributed by atoms with Gasteiger partial charge in [0.05, 0.1) is 18.4 Å². The van der Waals surface area contributed by atoms with E-state index in [0.29, 0.717) is 12.1 Å². The molecule has 0 unspecified atom stereocenters. The van der Waals surface area contributed by atoms with Gasteiger partial charge in [-0.3, -0.25) is 5.01 Å². The highest BCUT2D eigenvalue weighted by atomic mass is 16.3. The van der Waals surface area contributed by atoms with Gasteiger partial charge >= 0.3 is 0 Å².